The van der Waals surface area contributed by atoms with Gasteiger partial charge in [-0.3, -0.25) is 4.90 Å². The van der Waals surface area contributed by atoms with Gasteiger partial charge in [-0.2, -0.15) is 0 Å². The maximum Gasteiger partial charge on any atom is 0.119 e. The molecule has 4 rings (SSSR count). The maximum absolute atomic E-state index is 11.9. The number of hydrogen-bond acceptors (Lipinski definition) is 4. The first-order valence-corrected chi connectivity index (χ1v) is 11.2. The summed E-state index contributed by atoms with van der Waals surface area (Å²) in [6.45, 7) is 15.6. The van der Waals surface area contributed by atoms with Crippen LogP contribution in [0.3, 0.4) is 0 Å². The second-order valence-electron chi connectivity index (χ2n) is 9.87. The Kier molecular flexibility index (Phi) is 5.36. The lowest BCUT2D eigenvalue weighted by Crippen LogP contribution is -2.79. The molecule has 1 aliphatic carbocycles. The van der Waals surface area contributed by atoms with Crippen molar-refractivity contribution in [2.45, 2.75) is 46.3 Å². The van der Waals surface area contributed by atoms with Gasteiger partial charge in [-0.05, 0) is 36.8 Å². The topological polar surface area (TPSA) is 35.9 Å². The molecule has 1 saturated heterocycles. The molecular weight excluding hydrogens is 372 g/mol. The van der Waals surface area contributed by atoms with Crippen LogP contribution in [0.5, 0.6) is 5.75 Å². The van der Waals surface area contributed by atoms with Crippen LogP contribution in [0, 0.1) is 10.8 Å². The van der Waals surface area contributed by atoms with Crippen molar-refractivity contribution in [2.75, 3.05) is 37.7 Å². The number of hydrogen-bond donors (Lipinski definition) is 1. The standard InChI is InChI=1S/C26H36N2O2/c1-6-30-22-14-12-21(13-15-22)27-16-18-28(19-17-27)23-24(2,3)26(29,25(23,4)5)20-10-8-7-9-11-20/h7-15,23,29H,6,16-19H2,1-5H3. The zero-order valence-corrected chi connectivity index (χ0v) is 19.1. The number of ether oxygens (including phenoxy) is 1. The molecule has 2 aromatic rings. The fourth-order valence-corrected chi connectivity index (χ4v) is 6.54. The molecule has 2 aliphatic rings. The Morgan fingerprint density at radius 3 is 1.97 bits per heavy atom. The Morgan fingerprint density at radius 1 is 0.867 bits per heavy atom. The van der Waals surface area contributed by atoms with Crippen LogP contribution in [0.25, 0.3) is 0 Å². The van der Waals surface area contributed by atoms with E-state index < -0.39 is 5.60 Å². The predicted molar refractivity (Wildman–Crippen MR) is 123 cm³/mol. The molecule has 162 valence electrons. The molecule has 4 nitrogen and oxygen atoms in total. The smallest absolute Gasteiger partial charge is 0.119 e. The van der Waals surface area contributed by atoms with Crippen LogP contribution in [0.2, 0.25) is 0 Å². The minimum absolute atomic E-state index is 0.223. The van der Waals surface area contributed by atoms with Gasteiger partial charge in [-0.15, -0.1) is 0 Å². The van der Waals surface area contributed by atoms with Crippen molar-refractivity contribution in [1.29, 1.82) is 0 Å². The minimum Gasteiger partial charge on any atom is -0.494 e. The van der Waals surface area contributed by atoms with Crippen molar-refractivity contribution in [1.82, 2.24) is 4.90 Å². The van der Waals surface area contributed by atoms with Crippen molar-refractivity contribution >= 4 is 5.69 Å². The second kappa shape index (κ2) is 7.58. The third-order valence-corrected chi connectivity index (χ3v) is 7.62. The Labute approximate surface area is 181 Å². The lowest BCUT2D eigenvalue weighted by Gasteiger charge is -2.72. The molecule has 0 amide bonds. The van der Waals surface area contributed by atoms with Crippen molar-refractivity contribution < 1.29 is 9.84 Å². The van der Waals surface area contributed by atoms with E-state index in [1.807, 2.05) is 25.1 Å². The highest BCUT2D eigenvalue weighted by atomic mass is 16.5. The quantitative estimate of drug-likeness (QED) is 0.789. The van der Waals surface area contributed by atoms with Crippen LogP contribution in [0.15, 0.2) is 54.6 Å². The Bertz CT molecular complexity index is 836. The largest absolute Gasteiger partial charge is 0.494 e. The average molecular weight is 409 g/mol. The summed E-state index contributed by atoms with van der Waals surface area (Å²) in [5.41, 5.74) is 1.01. The highest BCUT2D eigenvalue weighted by Crippen LogP contribution is 2.68. The van der Waals surface area contributed by atoms with E-state index in [2.05, 4.69) is 73.9 Å². The minimum atomic E-state index is -0.835. The summed E-state index contributed by atoms with van der Waals surface area (Å²) in [5, 5.41) is 11.9. The third kappa shape index (κ3) is 3.04. The number of anilines is 1. The summed E-state index contributed by atoms with van der Waals surface area (Å²) in [4.78, 5) is 5.05. The van der Waals surface area contributed by atoms with E-state index in [9.17, 15) is 5.11 Å². The first-order chi connectivity index (χ1) is 14.2. The summed E-state index contributed by atoms with van der Waals surface area (Å²) < 4.78 is 5.57. The van der Waals surface area contributed by atoms with Crippen LogP contribution in [-0.2, 0) is 5.60 Å². The molecule has 0 aromatic heterocycles. The van der Waals surface area contributed by atoms with E-state index >= 15 is 0 Å². The zero-order chi connectivity index (χ0) is 21.6. The molecule has 1 heterocycles. The molecule has 0 bridgehead atoms. The van der Waals surface area contributed by atoms with E-state index in [0.717, 1.165) is 37.5 Å². The van der Waals surface area contributed by atoms with Crippen LogP contribution in [0.4, 0.5) is 5.69 Å². The Balaban J connectivity index is 1.47. The summed E-state index contributed by atoms with van der Waals surface area (Å²) in [6, 6.07) is 19.0. The third-order valence-electron chi connectivity index (χ3n) is 7.62. The van der Waals surface area contributed by atoms with Gasteiger partial charge in [-0.1, -0.05) is 58.0 Å². The predicted octanol–water partition coefficient (Wildman–Crippen LogP) is 4.53. The van der Waals surface area contributed by atoms with Crippen molar-refractivity contribution in [3.05, 3.63) is 60.2 Å². The Morgan fingerprint density at radius 2 is 1.43 bits per heavy atom. The highest BCUT2D eigenvalue weighted by molar-refractivity contribution is 5.49. The van der Waals surface area contributed by atoms with E-state index in [-0.39, 0.29) is 10.8 Å². The molecule has 0 atom stereocenters. The number of benzene rings is 2. The van der Waals surface area contributed by atoms with Crippen molar-refractivity contribution in [3.63, 3.8) is 0 Å². The van der Waals surface area contributed by atoms with Crippen LogP contribution < -0.4 is 9.64 Å². The number of nitrogens with zero attached hydrogens (tertiary/aromatic N) is 2. The van der Waals surface area contributed by atoms with Gasteiger partial charge >= 0.3 is 0 Å². The summed E-state index contributed by atoms with van der Waals surface area (Å²) in [6.07, 6.45) is 0. The molecule has 1 N–H and O–H groups in total. The van der Waals surface area contributed by atoms with Gasteiger partial charge in [-0.25, -0.2) is 0 Å². The fourth-order valence-electron chi connectivity index (χ4n) is 6.54. The molecule has 4 heteroatoms. The number of aliphatic hydroxyl groups is 1. The molecule has 1 aliphatic heterocycles. The monoisotopic (exact) mass is 408 g/mol. The average Bonchev–Trinajstić information content (AvgIpc) is 2.74. The summed E-state index contributed by atoms with van der Waals surface area (Å²) in [5.74, 6) is 0.929. The van der Waals surface area contributed by atoms with Gasteiger partial charge in [0.1, 0.15) is 11.4 Å². The van der Waals surface area contributed by atoms with Crippen LogP contribution in [0.1, 0.15) is 40.2 Å². The Hall–Kier alpha value is -2.04. The van der Waals surface area contributed by atoms with Crippen molar-refractivity contribution in [3.8, 4) is 5.75 Å². The van der Waals surface area contributed by atoms with Crippen molar-refractivity contribution in [2.24, 2.45) is 10.8 Å². The van der Waals surface area contributed by atoms with E-state index in [1.165, 1.54) is 5.69 Å². The molecular formula is C26H36N2O2. The molecule has 2 fully saturated rings. The maximum atomic E-state index is 11.9. The summed E-state index contributed by atoms with van der Waals surface area (Å²) >= 11 is 0. The van der Waals surface area contributed by atoms with Gasteiger partial charge < -0.3 is 14.7 Å². The first-order valence-electron chi connectivity index (χ1n) is 11.2. The van der Waals surface area contributed by atoms with Gasteiger partial charge in [0, 0.05) is 48.7 Å². The lowest BCUT2D eigenvalue weighted by molar-refractivity contribution is -0.307. The summed E-state index contributed by atoms with van der Waals surface area (Å²) in [7, 11) is 0. The second-order valence-corrected chi connectivity index (χ2v) is 9.87. The van der Waals surface area contributed by atoms with Gasteiger partial charge in [0.15, 0.2) is 0 Å². The molecule has 30 heavy (non-hydrogen) atoms. The van der Waals surface area contributed by atoms with Gasteiger partial charge in [0.2, 0.25) is 0 Å². The molecule has 0 radical (unpaired) electrons. The first kappa shape index (κ1) is 21.2. The SMILES string of the molecule is CCOc1ccc(N2CCN(C3C(C)(C)C(O)(c4ccccc4)C3(C)C)CC2)cc1. The molecule has 0 unspecified atom stereocenters. The van der Waals surface area contributed by atoms with Crippen LogP contribution >= 0.6 is 0 Å². The highest BCUT2D eigenvalue weighted by Gasteiger charge is 2.73. The van der Waals surface area contributed by atoms with E-state index in [1.54, 1.807) is 0 Å². The van der Waals surface area contributed by atoms with E-state index in [4.69, 9.17) is 4.74 Å². The molecule has 0 spiro atoms. The fraction of sp³-hybridized carbons (Fsp3) is 0.538. The van der Waals surface area contributed by atoms with Gasteiger partial charge in [0.05, 0.1) is 6.61 Å². The van der Waals surface area contributed by atoms with E-state index in [0.29, 0.717) is 12.6 Å². The molecule has 2 aromatic carbocycles. The lowest BCUT2D eigenvalue weighted by atomic mass is 9.39. The van der Waals surface area contributed by atoms with Gasteiger partial charge in [0.25, 0.3) is 0 Å². The number of piperazine rings is 1. The van der Waals surface area contributed by atoms with Crippen LogP contribution in [-0.4, -0.2) is 48.8 Å². The number of rotatable bonds is 5. The molecule has 1 saturated carbocycles. The zero-order valence-electron chi connectivity index (χ0n) is 19.1. The normalized spacial score (nSPS) is 28.1.